The van der Waals surface area contributed by atoms with Crippen LogP contribution in [0.1, 0.15) is 51.7 Å². The summed E-state index contributed by atoms with van der Waals surface area (Å²) in [4.78, 5) is 23.4. The highest BCUT2D eigenvalue weighted by Crippen LogP contribution is 2.28. The highest BCUT2D eigenvalue weighted by molar-refractivity contribution is 5.89. The Morgan fingerprint density at radius 1 is 0.971 bits per heavy atom. The summed E-state index contributed by atoms with van der Waals surface area (Å²) in [6.45, 7) is 13.7. The van der Waals surface area contributed by atoms with Crippen LogP contribution in [0.15, 0.2) is 48.8 Å². The molecule has 0 fully saturated rings. The summed E-state index contributed by atoms with van der Waals surface area (Å²) < 4.78 is 5.82. The molecule has 0 spiro atoms. The molecule has 0 saturated carbocycles. The predicted molar refractivity (Wildman–Crippen MR) is 136 cm³/mol. The maximum absolute atomic E-state index is 5.82. The Hall–Kier alpha value is -3.45. The molecule has 4 rings (SSSR count). The number of fused-ring (bicyclic) bond motifs is 1. The first kappa shape index (κ1) is 23.7. The summed E-state index contributed by atoms with van der Waals surface area (Å²) in [5.74, 6) is 1.69. The van der Waals surface area contributed by atoms with Gasteiger partial charge in [-0.1, -0.05) is 40.7 Å². The van der Waals surface area contributed by atoms with Crippen LogP contribution in [0.2, 0.25) is 0 Å². The first-order valence-corrected chi connectivity index (χ1v) is 11.6. The van der Waals surface area contributed by atoms with E-state index >= 15 is 0 Å². The number of anilines is 2. The Kier molecular flexibility index (Phi) is 6.84. The van der Waals surface area contributed by atoms with E-state index in [0.29, 0.717) is 36.4 Å². The molecule has 0 aliphatic heterocycles. The number of nitrogens with one attached hydrogen (secondary N) is 1. The fourth-order valence-electron chi connectivity index (χ4n) is 3.53. The Morgan fingerprint density at radius 2 is 1.79 bits per heavy atom. The topological polar surface area (TPSA) is 85.7 Å². The Morgan fingerprint density at radius 3 is 2.47 bits per heavy atom. The average Bonchev–Trinajstić information content (AvgIpc) is 2.78. The van der Waals surface area contributed by atoms with Crippen LogP contribution >= 0.6 is 0 Å². The van der Waals surface area contributed by atoms with Crippen molar-refractivity contribution in [2.24, 2.45) is 5.92 Å². The van der Waals surface area contributed by atoms with Gasteiger partial charge >= 0.3 is 0 Å². The molecular weight excluding hydrogens is 424 g/mol. The zero-order valence-corrected chi connectivity index (χ0v) is 20.8. The largest absolute Gasteiger partial charge is 0.373 e. The Balaban J connectivity index is 1.73. The molecule has 4 heterocycles. The van der Waals surface area contributed by atoms with Gasteiger partial charge in [0.05, 0.1) is 28.7 Å². The third kappa shape index (κ3) is 5.54. The van der Waals surface area contributed by atoms with E-state index in [-0.39, 0.29) is 5.41 Å². The number of ether oxygens (including phenoxy) is 1. The molecule has 7 heteroatoms. The minimum Gasteiger partial charge on any atom is -0.373 e. The molecule has 0 aliphatic rings. The monoisotopic (exact) mass is 456 g/mol. The van der Waals surface area contributed by atoms with Crippen LogP contribution in [0.25, 0.3) is 22.4 Å². The molecule has 176 valence electrons. The molecule has 0 aromatic carbocycles. The first-order valence-electron chi connectivity index (χ1n) is 11.6. The van der Waals surface area contributed by atoms with Crippen molar-refractivity contribution >= 4 is 22.5 Å². The summed E-state index contributed by atoms with van der Waals surface area (Å²) >= 11 is 0. The number of hydrogen-bond acceptors (Lipinski definition) is 7. The van der Waals surface area contributed by atoms with Crippen LogP contribution in [0.4, 0.5) is 11.5 Å². The lowest BCUT2D eigenvalue weighted by molar-refractivity contribution is 0.0925. The molecule has 0 aliphatic carbocycles. The second-order valence-corrected chi connectivity index (χ2v) is 9.94. The molecule has 34 heavy (non-hydrogen) atoms. The maximum atomic E-state index is 5.82. The SMILES string of the molecule is Cc1cccnc1-c1ccc2c(Nc3ccc(C(C)(C)C)nc3)nc(COCC(C)C)nc2n1. The Bertz CT molecular complexity index is 1280. The zero-order chi connectivity index (χ0) is 24.3. The van der Waals surface area contributed by atoms with E-state index in [2.05, 4.69) is 49.9 Å². The van der Waals surface area contributed by atoms with E-state index in [0.717, 1.165) is 33.7 Å². The van der Waals surface area contributed by atoms with Crippen molar-refractivity contribution in [3.8, 4) is 11.4 Å². The van der Waals surface area contributed by atoms with Crippen LogP contribution in [0.5, 0.6) is 0 Å². The van der Waals surface area contributed by atoms with E-state index in [4.69, 9.17) is 19.7 Å². The lowest BCUT2D eigenvalue weighted by Gasteiger charge is -2.18. The maximum Gasteiger partial charge on any atom is 0.165 e. The highest BCUT2D eigenvalue weighted by atomic mass is 16.5. The number of pyridine rings is 3. The molecule has 0 radical (unpaired) electrons. The van der Waals surface area contributed by atoms with E-state index in [1.165, 1.54) is 0 Å². The van der Waals surface area contributed by atoms with Gasteiger partial charge in [-0.2, -0.15) is 0 Å². The normalized spacial score (nSPS) is 11.9. The van der Waals surface area contributed by atoms with Crippen LogP contribution < -0.4 is 5.32 Å². The number of nitrogens with zero attached hydrogens (tertiary/aromatic N) is 5. The molecule has 0 bridgehead atoms. The van der Waals surface area contributed by atoms with Crippen LogP contribution in [-0.2, 0) is 16.8 Å². The Labute approximate surface area is 201 Å². The summed E-state index contributed by atoms with van der Waals surface area (Å²) in [6.07, 6.45) is 3.61. The lowest BCUT2D eigenvalue weighted by Crippen LogP contribution is -2.13. The van der Waals surface area contributed by atoms with Crippen LogP contribution in [-0.4, -0.2) is 31.5 Å². The van der Waals surface area contributed by atoms with Crippen molar-refractivity contribution < 1.29 is 4.74 Å². The quantitative estimate of drug-likeness (QED) is 0.365. The molecule has 1 N–H and O–H groups in total. The smallest absolute Gasteiger partial charge is 0.165 e. The minimum atomic E-state index is -0.00894. The van der Waals surface area contributed by atoms with E-state index in [9.17, 15) is 0 Å². The summed E-state index contributed by atoms with van der Waals surface area (Å²) in [5.41, 5.74) is 5.16. The van der Waals surface area contributed by atoms with Gasteiger partial charge in [0.25, 0.3) is 0 Å². The van der Waals surface area contributed by atoms with Gasteiger partial charge in [-0.3, -0.25) is 9.97 Å². The van der Waals surface area contributed by atoms with E-state index in [1.54, 1.807) is 6.20 Å². The number of aryl methyl sites for hydroxylation is 1. The van der Waals surface area contributed by atoms with Gasteiger partial charge in [-0.15, -0.1) is 0 Å². The molecule has 4 aromatic rings. The van der Waals surface area contributed by atoms with Crippen molar-refractivity contribution in [1.29, 1.82) is 0 Å². The minimum absolute atomic E-state index is 0.00894. The molecular formula is C27H32N6O. The van der Waals surface area contributed by atoms with Crippen molar-refractivity contribution in [1.82, 2.24) is 24.9 Å². The van der Waals surface area contributed by atoms with Gasteiger partial charge in [0, 0.05) is 23.9 Å². The fourth-order valence-corrected chi connectivity index (χ4v) is 3.53. The number of rotatable bonds is 7. The molecule has 0 amide bonds. The van der Waals surface area contributed by atoms with Gasteiger partial charge in [-0.25, -0.2) is 15.0 Å². The van der Waals surface area contributed by atoms with Gasteiger partial charge in [-0.05, 0) is 48.7 Å². The van der Waals surface area contributed by atoms with Crippen molar-refractivity contribution in [3.63, 3.8) is 0 Å². The van der Waals surface area contributed by atoms with Gasteiger partial charge in [0.1, 0.15) is 12.4 Å². The third-order valence-corrected chi connectivity index (χ3v) is 5.34. The van der Waals surface area contributed by atoms with Gasteiger partial charge in [0.15, 0.2) is 11.5 Å². The standard InChI is InChI=1S/C27H32N6O/c1-17(2)15-34-16-23-32-25(30-19-9-12-22(29-14-19)27(4,5)6)20-10-11-21(31-26(20)33-23)24-18(3)8-7-13-28-24/h7-14,17H,15-16H2,1-6H3,(H,30,31,32,33). The summed E-state index contributed by atoms with van der Waals surface area (Å²) in [7, 11) is 0. The van der Waals surface area contributed by atoms with Gasteiger partial charge < -0.3 is 10.1 Å². The van der Waals surface area contributed by atoms with Crippen LogP contribution in [0, 0.1) is 12.8 Å². The highest BCUT2D eigenvalue weighted by Gasteiger charge is 2.16. The second kappa shape index (κ2) is 9.81. The third-order valence-electron chi connectivity index (χ3n) is 5.34. The molecule has 7 nitrogen and oxygen atoms in total. The van der Waals surface area contributed by atoms with E-state index in [1.807, 2.05) is 49.5 Å². The zero-order valence-electron chi connectivity index (χ0n) is 20.8. The molecule has 4 aromatic heterocycles. The molecule has 0 atom stereocenters. The average molecular weight is 457 g/mol. The fraction of sp³-hybridized carbons (Fsp3) is 0.370. The predicted octanol–water partition coefficient (Wildman–Crippen LogP) is 6.00. The summed E-state index contributed by atoms with van der Waals surface area (Å²) in [5, 5.41) is 4.23. The lowest BCUT2D eigenvalue weighted by atomic mass is 9.92. The first-order chi connectivity index (χ1) is 16.2. The van der Waals surface area contributed by atoms with Crippen molar-refractivity contribution in [3.05, 3.63) is 65.9 Å². The van der Waals surface area contributed by atoms with Crippen LogP contribution in [0.3, 0.4) is 0 Å². The van der Waals surface area contributed by atoms with Crippen molar-refractivity contribution in [2.45, 2.75) is 53.6 Å². The van der Waals surface area contributed by atoms with Gasteiger partial charge in [0.2, 0.25) is 0 Å². The number of aromatic nitrogens is 5. The second-order valence-electron chi connectivity index (χ2n) is 9.94. The molecule has 0 saturated heterocycles. The summed E-state index contributed by atoms with van der Waals surface area (Å²) in [6, 6.07) is 12.0. The van der Waals surface area contributed by atoms with Crippen molar-refractivity contribution in [2.75, 3.05) is 11.9 Å². The molecule has 0 unspecified atom stereocenters. The van der Waals surface area contributed by atoms with E-state index < -0.39 is 0 Å². The number of hydrogen-bond donors (Lipinski definition) is 1.